The summed E-state index contributed by atoms with van der Waals surface area (Å²) >= 11 is 0. The Hall–Kier alpha value is -1.58. The van der Waals surface area contributed by atoms with Gasteiger partial charge in [0.1, 0.15) is 17.8 Å². The zero-order chi connectivity index (χ0) is 14.1. The molecule has 0 aliphatic carbocycles. The topological polar surface area (TPSA) is 46.5 Å². The molecule has 100 valence electrons. The average molecular weight is 253 g/mol. The van der Waals surface area contributed by atoms with Crippen molar-refractivity contribution in [2.45, 2.75) is 47.0 Å². The van der Waals surface area contributed by atoms with E-state index in [1.807, 2.05) is 0 Å². The van der Waals surface area contributed by atoms with E-state index < -0.39 is 0 Å². The fraction of sp³-hybridized carbons (Fsp3) is 0.500. The predicted octanol–water partition coefficient (Wildman–Crippen LogP) is 4.61. The summed E-state index contributed by atoms with van der Waals surface area (Å²) in [5, 5.41) is 2.89. The highest BCUT2D eigenvalue weighted by molar-refractivity contribution is 5.72. The van der Waals surface area contributed by atoms with Crippen LogP contribution in [-0.4, -0.2) is 6.29 Å². The van der Waals surface area contributed by atoms with Crippen LogP contribution in [0.3, 0.4) is 0 Å². The standard InChI is InChI=1S/C14H20FNO2/c1-5-11(9-17)7-8-13(15)12(6-2)14(16-18)10(3)4/h5,9H,6-8H2,1-4H3/b11-5?,13-12+. The molecular weight excluding hydrogens is 233 g/mol. The summed E-state index contributed by atoms with van der Waals surface area (Å²) in [6, 6.07) is 0. The summed E-state index contributed by atoms with van der Waals surface area (Å²) in [5.41, 5.74) is 1.77. The van der Waals surface area contributed by atoms with Crippen LogP contribution in [0.4, 0.5) is 4.39 Å². The van der Waals surface area contributed by atoms with Crippen LogP contribution in [0.1, 0.15) is 47.0 Å². The number of hydrogen-bond acceptors (Lipinski definition) is 3. The van der Waals surface area contributed by atoms with Gasteiger partial charge in [-0.05, 0) is 49.9 Å². The van der Waals surface area contributed by atoms with Crippen molar-refractivity contribution in [1.82, 2.24) is 0 Å². The smallest absolute Gasteiger partial charge is 0.145 e. The number of halogens is 1. The third-order valence-electron chi connectivity index (χ3n) is 2.69. The number of allylic oxidation sites excluding steroid dienone is 5. The summed E-state index contributed by atoms with van der Waals surface area (Å²) in [6.07, 6.45) is 3.24. The minimum atomic E-state index is -0.366. The Morgan fingerprint density at radius 3 is 2.22 bits per heavy atom. The molecule has 0 saturated heterocycles. The molecule has 0 bridgehead atoms. The maximum absolute atomic E-state index is 14.0. The van der Waals surface area contributed by atoms with Gasteiger partial charge in [0.25, 0.3) is 0 Å². The Kier molecular flexibility index (Phi) is 7.76. The van der Waals surface area contributed by atoms with Gasteiger partial charge in [-0.1, -0.05) is 13.0 Å². The Morgan fingerprint density at radius 1 is 1.28 bits per heavy atom. The molecular formula is C14H20FNO2. The molecule has 3 nitrogen and oxygen atoms in total. The van der Waals surface area contributed by atoms with Gasteiger partial charge in [-0.3, -0.25) is 4.79 Å². The van der Waals surface area contributed by atoms with Crippen LogP contribution in [0.15, 0.2) is 39.5 Å². The first kappa shape index (κ1) is 16.4. The lowest BCUT2D eigenvalue weighted by molar-refractivity contribution is -0.105. The molecule has 0 fully saturated rings. The minimum absolute atomic E-state index is 0.119. The number of carbonyl (C=O) groups excluding carboxylic acids is 1. The number of rotatable bonds is 7. The summed E-state index contributed by atoms with van der Waals surface area (Å²) in [6.45, 7) is 6.96. The SMILES string of the molecule is CC=C(C=O)CC/C(F)=C(/CC)C(N=O)=C(C)C. The molecule has 0 atom stereocenters. The van der Waals surface area contributed by atoms with E-state index in [2.05, 4.69) is 5.18 Å². The Labute approximate surface area is 107 Å². The van der Waals surface area contributed by atoms with E-state index in [1.54, 1.807) is 33.8 Å². The molecule has 0 radical (unpaired) electrons. The molecule has 18 heavy (non-hydrogen) atoms. The summed E-state index contributed by atoms with van der Waals surface area (Å²) in [7, 11) is 0. The lowest BCUT2D eigenvalue weighted by Gasteiger charge is -2.08. The van der Waals surface area contributed by atoms with E-state index >= 15 is 0 Å². The molecule has 0 aliphatic heterocycles. The number of aldehydes is 1. The fourth-order valence-corrected chi connectivity index (χ4v) is 1.61. The monoisotopic (exact) mass is 253 g/mol. The molecule has 0 amide bonds. The van der Waals surface area contributed by atoms with Crippen molar-refractivity contribution in [3.05, 3.63) is 39.2 Å². The average Bonchev–Trinajstić information content (AvgIpc) is 2.36. The summed E-state index contributed by atoms with van der Waals surface area (Å²) < 4.78 is 14.0. The van der Waals surface area contributed by atoms with Gasteiger partial charge < -0.3 is 0 Å². The maximum Gasteiger partial charge on any atom is 0.145 e. The zero-order valence-electron chi connectivity index (χ0n) is 11.4. The van der Waals surface area contributed by atoms with Crippen LogP contribution in [0.5, 0.6) is 0 Å². The van der Waals surface area contributed by atoms with Crippen LogP contribution < -0.4 is 0 Å². The highest BCUT2D eigenvalue weighted by atomic mass is 19.1. The third kappa shape index (κ3) is 4.73. The lowest BCUT2D eigenvalue weighted by atomic mass is 10.0. The molecule has 0 aromatic heterocycles. The van der Waals surface area contributed by atoms with E-state index in [9.17, 15) is 14.1 Å². The normalized spacial score (nSPS) is 12.8. The van der Waals surface area contributed by atoms with Crippen LogP contribution in [0, 0.1) is 4.91 Å². The summed E-state index contributed by atoms with van der Waals surface area (Å²) in [4.78, 5) is 21.3. The Morgan fingerprint density at radius 2 is 1.89 bits per heavy atom. The van der Waals surface area contributed by atoms with E-state index in [4.69, 9.17) is 0 Å². The van der Waals surface area contributed by atoms with Crippen LogP contribution in [0.2, 0.25) is 0 Å². The van der Waals surface area contributed by atoms with Gasteiger partial charge in [0.05, 0.1) is 0 Å². The van der Waals surface area contributed by atoms with Crippen LogP contribution in [-0.2, 0) is 4.79 Å². The van der Waals surface area contributed by atoms with E-state index in [0.717, 1.165) is 6.29 Å². The molecule has 0 aromatic rings. The van der Waals surface area contributed by atoms with E-state index in [-0.39, 0.29) is 17.9 Å². The van der Waals surface area contributed by atoms with Gasteiger partial charge in [0, 0.05) is 12.0 Å². The number of hydrogen-bond donors (Lipinski definition) is 0. The van der Waals surface area contributed by atoms with Gasteiger partial charge in [-0.25, -0.2) is 4.39 Å². The third-order valence-corrected chi connectivity index (χ3v) is 2.69. The minimum Gasteiger partial charge on any atom is -0.298 e. The molecule has 0 saturated carbocycles. The molecule has 0 aromatic carbocycles. The number of nitroso groups, excluding NO2 is 1. The Bertz CT molecular complexity index is 402. The van der Waals surface area contributed by atoms with Gasteiger partial charge in [-0.2, -0.15) is 0 Å². The van der Waals surface area contributed by atoms with E-state index in [0.29, 0.717) is 29.6 Å². The van der Waals surface area contributed by atoms with Crippen molar-refractivity contribution >= 4 is 6.29 Å². The highest BCUT2D eigenvalue weighted by Crippen LogP contribution is 2.26. The molecule has 0 unspecified atom stereocenters. The van der Waals surface area contributed by atoms with Crippen molar-refractivity contribution in [1.29, 1.82) is 0 Å². The maximum atomic E-state index is 14.0. The first-order chi connectivity index (χ1) is 8.51. The van der Waals surface area contributed by atoms with Crippen LogP contribution in [0.25, 0.3) is 0 Å². The second-order valence-electron chi connectivity index (χ2n) is 4.16. The first-order valence-corrected chi connectivity index (χ1v) is 6.00. The second kappa shape index (κ2) is 8.50. The first-order valence-electron chi connectivity index (χ1n) is 6.00. The second-order valence-corrected chi connectivity index (χ2v) is 4.16. The molecule has 0 spiro atoms. The van der Waals surface area contributed by atoms with Crippen molar-refractivity contribution in [2.24, 2.45) is 5.18 Å². The van der Waals surface area contributed by atoms with Gasteiger partial charge in [-0.15, -0.1) is 4.91 Å². The van der Waals surface area contributed by atoms with Crippen molar-refractivity contribution in [3.63, 3.8) is 0 Å². The van der Waals surface area contributed by atoms with Gasteiger partial charge in [0.15, 0.2) is 0 Å². The molecule has 0 N–H and O–H groups in total. The van der Waals surface area contributed by atoms with Crippen molar-refractivity contribution in [3.8, 4) is 0 Å². The highest BCUT2D eigenvalue weighted by Gasteiger charge is 2.13. The number of carbonyl (C=O) groups is 1. The molecule has 0 aliphatic rings. The lowest BCUT2D eigenvalue weighted by Crippen LogP contribution is -1.94. The van der Waals surface area contributed by atoms with Gasteiger partial charge in [0.2, 0.25) is 0 Å². The van der Waals surface area contributed by atoms with Crippen molar-refractivity contribution < 1.29 is 9.18 Å². The molecule has 0 rings (SSSR count). The quantitative estimate of drug-likeness (QED) is 0.288. The predicted molar refractivity (Wildman–Crippen MR) is 71.6 cm³/mol. The van der Waals surface area contributed by atoms with Gasteiger partial charge >= 0.3 is 0 Å². The largest absolute Gasteiger partial charge is 0.298 e. The zero-order valence-corrected chi connectivity index (χ0v) is 11.4. The fourth-order valence-electron chi connectivity index (χ4n) is 1.61. The molecule has 4 heteroatoms. The van der Waals surface area contributed by atoms with Crippen molar-refractivity contribution in [2.75, 3.05) is 0 Å². The van der Waals surface area contributed by atoms with E-state index in [1.165, 1.54) is 0 Å². The van der Waals surface area contributed by atoms with Crippen LogP contribution >= 0.6 is 0 Å². The summed E-state index contributed by atoms with van der Waals surface area (Å²) in [5.74, 6) is -0.366. The Balaban J connectivity index is 5.12. The molecule has 0 heterocycles. The number of nitrogens with zero attached hydrogens (tertiary/aromatic N) is 1.